The van der Waals surface area contributed by atoms with Crippen LogP contribution in [0.5, 0.6) is 5.75 Å². The minimum atomic E-state index is 0.196. The highest BCUT2D eigenvalue weighted by Crippen LogP contribution is 2.38. The van der Waals surface area contributed by atoms with Gasteiger partial charge in [0.1, 0.15) is 11.6 Å². The molecule has 0 radical (unpaired) electrons. The summed E-state index contributed by atoms with van der Waals surface area (Å²) in [6.07, 6.45) is 4.12. The van der Waals surface area contributed by atoms with Crippen molar-refractivity contribution in [2.45, 2.75) is 38.6 Å². The number of amides is 1. The third-order valence-corrected chi connectivity index (χ3v) is 6.74. The van der Waals surface area contributed by atoms with E-state index < -0.39 is 0 Å². The number of hydrogen-bond acceptors (Lipinski definition) is 6. The van der Waals surface area contributed by atoms with E-state index in [0.717, 1.165) is 54.4 Å². The predicted molar refractivity (Wildman–Crippen MR) is 115 cm³/mol. The van der Waals surface area contributed by atoms with E-state index in [1.54, 1.807) is 11.3 Å². The van der Waals surface area contributed by atoms with Crippen LogP contribution in [0.2, 0.25) is 0 Å². The normalized spacial score (nSPS) is 19.5. The van der Waals surface area contributed by atoms with Crippen molar-refractivity contribution in [1.29, 1.82) is 0 Å². The number of fused-ring (bicyclic) bond motifs is 1. The molecule has 3 aromatic rings. The lowest BCUT2D eigenvalue weighted by Gasteiger charge is -2.33. The van der Waals surface area contributed by atoms with Crippen molar-refractivity contribution in [1.82, 2.24) is 15.1 Å². The van der Waals surface area contributed by atoms with Crippen molar-refractivity contribution < 1.29 is 9.90 Å². The highest BCUT2D eigenvalue weighted by Gasteiger charge is 2.35. The summed E-state index contributed by atoms with van der Waals surface area (Å²) in [5, 5.41) is 25.7. The van der Waals surface area contributed by atoms with E-state index in [-0.39, 0.29) is 17.7 Å². The summed E-state index contributed by atoms with van der Waals surface area (Å²) in [7, 11) is 0. The van der Waals surface area contributed by atoms with Gasteiger partial charge in [0.25, 0.3) is 0 Å². The largest absolute Gasteiger partial charge is 0.507 e. The highest BCUT2D eigenvalue weighted by molar-refractivity contribution is 7.17. The second kappa shape index (κ2) is 7.30. The van der Waals surface area contributed by atoms with E-state index in [4.69, 9.17) is 0 Å². The zero-order valence-electron chi connectivity index (χ0n) is 16.4. The zero-order chi connectivity index (χ0) is 20.0. The van der Waals surface area contributed by atoms with Crippen molar-refractivity contribution in [3.63, 3.8) is 0 Å². The van der Waals surface area contributed by atoms with Gasteiger partial charge in [-0.1, -0.05) is 0 Å². The summed E-state index contributed by atoms with van der Waals surface area (Å²) in [6.45, 7) is 3.57. The van der Waals surface area contributed by atoms with Crippen LogP contribution >= 0.6 is 11.3 Å². The van der Waals surface area contributed by atoms with Gasteiger partial charge in [-0.2, -0.15) is 0 Å². The molecule has 1 aromatic carbocycles. The fourth-order valence-electron chi connectivity index (χ4n) is 4.13. The molecule has 1 amide bonds. The van der Waals surface area contributed by atoms with Crippen LogP contribution in [0.25, 0.3) is 21.3 Å². The number of rotatable bonds is 4. The SMILES string of the molecule is Cc1cc(N[C@@H]2CCCN(C(=O)C3CC3)C2)nnc1-c1ccc2sccc2c1O. The van der Waals surface area contributed by atoms with Crippen LogP contribution in [0, 0.1) is 12.8 Å². The highest BCUT2D eigenvalue weighted by atomic mass is 32.1. The predicted octanol–water partition coefficient (Wildman–Crippen LogP) is 4.19. The molecule has 0 unspecified atom stereocenters. The van der Waals surface area contributed by atoms with E-state index in [2.05, 4.69) is 15.5 Å². The van der Waals surface area contributed by atoms with E-state index in [9.17, 15) is 9.90 Å². The first kappa shape index (κ1) is 18.4. The molecule has 5 rings (SSSR count). The molecule has 150 valence electrons. The Morgan fingerprint density at radius 1 is 1.24 bits per heavy atom. The quantitative estimate of drug-likeness (QED) is 0.677. The van der Waals surface area contributed by atoms with Crippen LogP contribution in [0.3, 0.4) is 0 Å². The van der Waals surface area contributed by atoms with Crippen LogP contribution < -0.4 is 5.32 Å². The summed E-state index contributed by atoms with van der Waals surface area (Å²) in [5.41, 5.74) is 2.34. The standard InChI is InChI=1S/C22H24N4O2S/c1-13-11-19(23-15-3-2-9-26(12-15)22(28)14-4-5-14)24-25-20(13)17-6-7-18-16(21(17)27)8-10-29-18/h6-8,10-11,14-15,27H,2-5,9,12H2,1H3,(H,23,24)/t15-/m1/s1. The summed E-state index contributed by atoms with van der Waals surface area (Å²) in [5.74, 6) is 1.55. The van der Waals surface area contributed by atoms with Crippen molar-refractivity contribution in [2.24, 2.45) is 5.92 Å². The molecule has 7 heteroatoms. The molecule has 2 aromatic heterocycles. The van der Waals surface area contributed by atoms with E-state index in [1.807, 2.05) is 41.5 Å². The van der Waals surface area contributed by atoms with Crippen LogP contribution in [0.1, 0.15) is 31.2 Å². The second-order valence-corrected chi connectivity index (χ2v) is 9.05. The molecule has 0 spiro atoms. The Kier molecular flexibility index (Phi) is 4.62. The van der Waals surface area contributed by atoms with E-state index in [0.29, 0.717) is 23.0 Å². The third kappa shape index (κ3) is 3.55. The van der Waals surface area contributed by atoms with Gasteiger partial charge in [-0.05, 0) is 67.8 Å². The van der Waals surface area contributed by atoms with Crippen LogP contribution in [-0.4, -0.2) is 45.2 Å². The molecular formula is C22H24N4O2S. The lowest BCUT2D eigenvalue weighted by atomic mass is 10.0. The fourth-order valence-corrected chi connectivity index (χ4v) is 4.92. The molecule has 6 nitrogen and oxygen atoms in total. The molecule has 2 aliphatic rings. The number of carbonyl (C=O) groups excluding carboxylic acids is 1. The number of piperidine rings is 1. The van der Waals surface area contributed by atoms with Crippen LogP contribution in [-0.2, 0) is 4.79 Å². The number of benzene rings is 1. The molecule has 2 N–H and O–H groups in total. The smallest absolute Gasteiger partial charge is 0.225 e. The number of thiophene rings is 1. The fraction of sp³-hybridized carbons (Fsp3) is 0.409. The Morgan fingerprint density at radius 3 is 2.90 bits per heavy atom. The van der Waals surface area contributed by atoms with Gasteiger partial charge < -0.3 is 15.3 Å². The molecule has 1 aliphatic heterocycles. The summed E-state index contributed by atoms with van der Waals surface area (Å²) < 4.78 is 1.05. The van der Waals surface area contributed by atoms with Gasteiger partial charge in [0.15, 0.2) is 0 Å². The maximum absolute atomic E-state index is 12.4. The Morgan fingerprint density at radius 2 is 2.10 bits per heavy atom. The van der Waals surface area contributed by atoms with E-state index in [1.165, 1.54) is 0 Å². The molecule has 0 bridgehead atoms. The maximum atomic E-state index is 12.4. The van der Waals surface area contributed by atoms with Gasteiger partial charge in [-0.25, -0.2) is 0 Å². The summed E-state index contributed by atoms with van der Waals surface area (Å²) in [4.78, 5) is 14.4. The summed E-state index contributed by atoms with van der Waals surface area (Å²) in [6, 6.07) is 8.01. The lowest BCUT2D eigenvalue weighted by molar-refractivity contribution is -0.133. The first-order valence-electron chi connectivity index (χ1n) is 10.2. The Bertz CT molecular complexity index is 1080. The number of phenolic OH excluding ortho intramolecular Hbond substituents is 1. The van der Waals surface area contributed by atoms with Gasteiger partial charge in [0.05, 0.1) is 5.69 Å². The number of aryl methyl sites for hydroxylation is 1. The van der Waals surface area contributed by atoms with Gasteiger partial charge >= 0.3 is 0 Å². The molecule has 2 fully saturated rings. The number of carbonyl (C=O) groups is 1. The number of aromatic nitrogens is 2. The Balaban J connectivity index is 1.34. The van der Waals surface area contributed by atoms with Crippen molar-refractivity contribution in [3.05, 3.63) is 35.2 Å². The number of likely N-dealkylation sites (tertiary alicyclic amines) is 1. The molecule has 1 atom stereocenters. The molecule has 29 heavy (non-hydrogen) atoms. The van der Waals surface area contributed by atoms with Crippen LogP contribution in [0.15, 0.2) is 29.6 Å². The number of hydrogen-bond donors (Lipinski definition) is 2. The van der Waals surface area contributed by atoms with Crippen molar-refractivity contribution >= 4 is 33.1 Å². The first-order chi connectivity index (χ1) is 14.1. The topological polar surface area (TPSA) is 78.4 Å². The average Bonchev–Trinajstić information content (AvgIpc) is 3.46. The van der Waals surface area contributed by atoms with Gasteiger partial charge in [0.2, 0.25) is 5.91 Å². The van der Waals surface area contributed by atoms with Crippen molar-refractivity contribution in [2.75, 3.05) is 18.4 Å². The minimum absolute atomic E-state index is 0.196. The molecule has 1 saturated heterocycles. The number of nitrogens with one attached hydrogen (secondary N) is 1. The third-order valence-electron chi connectivity index (χ3n) is 5.86. The van der Waals surface area contributed by atoms with Gasteiger partial charge in [-0.15, -0.1) is 21.5 Å². The van der Waals surface area contributed by atoms with Gasteiger partial charge in [0, 0.05) is 40.7 Å². The number of phenols is 1. The van der Waals surface area contributed by atoms with E-state index >= 15 is 0 Å². The Hall–Kier alpha value is -2.67. The maximum Gasteiger partial charge on any atom is 0.225 e. The number of aromatic hydroxyl groups is 1. The van der Waals surface area contributed by atoms with Gasteiger partial charge in [-0.3, -0.25) is 4.79 Å². The Labute approximate surface area is 173 Å². The van der Waals surface area contributed by atoms with Crippen molar-refractivity contribution in [3.8, 4) is 17.0 Å². The molecule has 1 saturated carbocycles. The first-order valence-corrected chi connectivity index (χ1v) is 11.1. The summed E-state index contributed by atoms with van der Waals surface area (Å²) >= 11 is 1.61. The minimum Gasteiger partial charge on any atom is -0.507 e. The lowest BCUT2D eigenvalue weighted by Crippen LogP contribution is -2.45. The second-order valence-electron chi connectivity index (χ2n) is 8.10. The monoisotopic (exact) mass is 408 g/mol. The number of nitrogens with zero attached hydrogens (tertiary/aromatic N) is 3. The average molecular weight is 409 g/mol. The number of anilines is 1. The van der Waals surface area contributed by atoms with Crippen LogP contribution in [0.4, 0.5) is 5.82 Å². The zero-order valence-corrected chi connectivity index (χ0v) is 17.2. The molecule has 1 aliphatic carbocycles. The molecule has 3 heterocycles. The molecular weight excluding hydrogens is 384 g/mol.